The molecule has 0 fully saturated rings. The average molecular weight is 306 g/mol. The van der Waals surface area contributed by atoms with Crippen molar-refractivity contribution in [3.63, 3.8) is 0 Å². The number of phenolic OH excluding ortho intramolecular Hbond substituents is 2. The molecule has 2 N–H and O–H groups in total. The van der Waals surface area contributed by atoms with E-state index in [1.54, 1.807) is 0 Å². The second-order valence-corrected chi connectivity index (χ2v) is 7.24. The monoisotopic (exact) mass is 306 g/mol. The molecule has 0 bridgehead atoms. The second kappa shape index (κ2) is 6.02. The van der Waals surface area contributed by atoms with Gasteiger partial charge in [-0.3, -0.25) is 0 Å². The maximum Gasteiger partial charge on any atom is 0.132 e. The Labute approximate surface area is 127 Å². The third-order valence-corrected chi connectivity index (χ3v) is 5.43. The summed E-state index contributed by atoms with van der Waals surface area (Å²) in [5.41, 5.74) is 3.98. The summed E-state index contributed by atoms with van der Waals surface area (Å²) in [5, 5.41) is 20.2. The molecule has 2 aromatic carbocycles. The summed E-state index contributed by atoms with van der Waals surface area (Å²) in [6, 6.07) is 7.83. The second-order valence-electron chi connectivity index (χ2n) is 5.02. The molecule has 0 aliphatic carbocycles. The molecule has 20 heavy (non-hydrogen) atoms. The van der Waals surface area contributed by atoms with Gasteiger partial charge in [0.2, 0.25) is 0 Å². The van der Waals surface area contributed by atoms with Gasteiger partial charge in [-0.05, 0) is 83.7 Å². The van der Waals surface area contributed by atoms with Crippen LogP contribution < -0.4 is 0 Å². The third kappa shape index (κ3) is 3.25. The molecule has 2 aromatic rings. The molecule has 4 heteroatoms. The number of hydrogen-bond donors (Lipinski definition) is 2. The number of aryl methyl sites for hydroxylation is 4. The topological polar surface area (TPSA) is 40.5 Å². The standard InChI is InChI=1S/C16H18O2S2/c1-9-5-11(3)15(17)13(7-9)19-20-14-8-10(2)6-12(4)16(14)18/h5-8,17-18H,1-4H3. The summed E-state index contributed by atoms with van der Waals surface area (Å²) < 4.78 is 0. The molecule has 0 atom stereocenters. The molecule has 0 unspecified atom stereocenters. The van der Waals surface area contributed by atoms with Crippen molar-refractivity contribution < 1.29 is 10.2 Å². The summed E-state index contributed by atoms with van der Waals surface area (Å²) in [5.74, 6) is 0.633. The van der Waals surface area contributed by atoms with Gasteiger partial charge < -0.3 is 10.2 Å². The highest BCUT2D eigenvalue weighted by Gasteiger charge is 2.11. The lowest BCUT2D eigenvalue weighted by Crippen LogP contribution is -1.83. The van der Waals surface area contributed by atoms with Crippen molar-refractivity contribution in [3.8, 4) is 11.5 Å². The fourth-order valence-electron chi connectivity index (χ4n) is 2.06. The SMILES string of the molecule is Cc1cc(C)c(O)c(SSc2cc(C)cc(C)c2O)c1. The van der Waals surface area contributed by atoms with E-state index in [-0.39, 0.29) is 0 Å². The van der Waals surface area contributed by atoms with Crippen molar-refractivity contribution in [2.45, 2.75) is 37.5 Å². The first-order chi connectivity index (χ1) is 9.38. The van der Waals surface area contributed by atoms with E-state index in [2.05, 4.69) is 0 Å². The van der Waals surface area contributed by atoms with Crippen LogP contribution in [0.4, 0.5) is 0 Å². The molecular formula is C16H18O2S2. The summed E-state index contributed by atoms with van der Waals surface area (Å²) in [6.45, 7) is 7.81. The van der Waals surface area contributed by atoms with E-state index in [0.717, 1.165) is 32.0 Å². The van der Waals surface area contributed by atoms with Gasteiger partial charge in [-0.15, -0.1) is 0 Å². The zero-order valence-corrected chi connectivity index (χ0v) is 13.7. The zero-order valence-electron chi connectivity index (χ0n) is 12.0. The van der Waals surface area contributed by atoms with E-state index < -0.39 is 0 Å². The first-order valence-corrected chi connectivity index (χ1v) is 8.48. The fraction of sp³-hybridized carbons (Fsp3) is 0.250. The molecule has 0 saturated heterocycles. The van der Waals surface area contributed by atoms with Crippen molar-refractivity contribution in [3.05, 3.63) is 46.5 Å². The zero-order chi connectivity index (χ0) is 14.9. The van der Waals surface area contributed by atoms with Gasteiger partial charge in [0, 0.05) is 0 Å². The van der Waals surface area contributed by atoms with Crippen molar-refractivity contribution in [1.29, 1.82) is 0 Å². The normalized spacial score (nSPS) is 10.8. The van der Waals surface area contributed by atoms with Crippen LogP contribution in [0.2, 0.25) is 0 Å². The van der Waals surface area contributed by atoms with Gasteiger partial charge in [-0.25, -0.2) is 0 Å². The largest absolute Gasteiger partial charge is 0.506 e. The molecule has 2 nitrogen and oxygen atoms in total. The quantitative estimate of drug-likeness (QED) is 0.771. The summed E-state index contributed by atoms with van der Waals surface area (Å²) in [6.07, 6.45) is 0. The number of hydrogen-bond acceptors (Lipinski definition) is 4. The maximum absolute atomic E-state index is 10.1. The van der Waals surface area contributed by atoms with Crippen LogP contribution in [0.25, 0.3) is 0 Å². The van der Waals surface area contributed by atoms with E-state index >= 15 is 0 Å². The highest BCUT2D eigenvalue weighted by Crippen LogP contribution is 2.46. The average Bonchev–Trinajstić information content (AvgIpc) is 2.37. The first-order valence-electron chi connectivity index (χ1n) is 6.33. The van der Waals surface area contributed by atoms with E-state index in [0.29, 0.717) is 11.5 Å². The molecule has 0 saturated carbocycles. The van der Waals surface area contributed by atoms with Crippen LogP contribution in [-0.4, -0.2) is 10.2 Å². The van der Waals surface area contributed by atoms with Crippen LogP contribution in [0.3, 0.4) is 0 Å². The predicted molar refractivity (Wildman–Crippen MR) is 86.9 cm³/mol. The molecule has 2 rings (SSSR count). The van der Waals surface area contributed by atoms with Crippen LogP contribution in [0.1, 0.15) is 22.3 Å². The van der Waals surface area contributed by atoms with Gasteiger partial charge in [-0.1, -0.05) is 12.1 Å². The molecule has 0 radical (unpaired) electrons. The molecule has 0 aliphatic heterocycles. The fourth-order valence-corrected chi connectivity index (χ4v) is 4.49. The van der Waals surface area contributed by atoms with Gasteiger partial charge in [0.1, 0.15) is 11.5 Å². The Bertz CT molecular complexity index is 594. The highest BCUT2D eigenvalue weighted by atomic mass is 33.1. The van der Waals surface area contributed by atoms with Crippen LogP contribution in [0, 0.1) is 27.7 Å². The van der Waals surface area contributed by atoms with Crippen LogP contribution in [-0.2, 0) is 0 Å². The predicted octanol–water partition coefficient (Wildman–Crippen LogP) is 5.13. The molecule has 106 valence electrons. The molecule has 0 aromatic heterocycles. The van der Waals surface area contributed by atoms with E-state index in [1.807, 2.05) is 52.0 Å². The maximum atomic E-state index is 10.1. The summed E-state index contributed by atoms with van der Waals surface area (Å²) in [4.78, 5) is 1.65. The van der Waals surface area contributed by atoms with E-state index in [4.69, 9.17) is 0 Å². The Morgan fingerprint density at radius 1 is 0.650 bits per heavy atom. The molecule has 0 spiro atoms. The van der Waals surface area contributed by atoms with Gasteiger partial charge in [-0.2, -0.15) is 0 Å². The van der Waals surface area contributed by atoms with Gasteiger partial charge in [0.25, 0.3) is 0 Å². The molecule has 0 heterocycles. The van der Waals surface area contributed by atoms with Crippen molar-refractivity contribution >= 4 is 21.6 Å². The van der Waals surface area contributed by atoms with E-state index in [1.165, 1.54) is 21.6 Å². The number of rotatable bonds is 3. The lowest BCUT2D eigenvalue weighted by Gasteiger charge is -2.10. The summed E-state index contributed by atoms with van der Waals surface area (Å²) in [7, 11) is 2.93. The Hall–Kier alpha value is -1.26. The molecule has 0 aliphatic rings. The van der Waals surface area contributed by atoms with E-state index in [9.17, 15) is 10.2 Å². The van der Waals surface area contributed by atoms with Crippen LogP contribution in [0.5, 0.6) is 11.5 Å². The minimum atomic E-state index is 0.317. The van der Waals surface area contributed by atoms with Crippen molar-refractivity contribution in [2.24, 2.45) is 0 Å². The van der Waals surface area contributed by atoms with Gasteiger partial charge in [0.05, 0.1) is 9.79 Å². The van der Waals surface area contributed by atoms with Gasteiger partial charge in [0.15, 0.2) is 0 Å². The Morgan fingerprint density at radius 2 is 1.00 bits per heavy atom. The number of phenols is 2. The number of benzene rings is 2. The Morgan fingerprint density at radius 3 is 1.35 bits per heavy atom. The van der Waals surface area contributed by atoms with Gasteiger partial charge >= 0.3 is 0 Å². The lowest BCUT2D eigenvalue weighted by atomic mass is 10.1. The smallest absolute Gasteiger partial charge is 0.132 e. The Balaban J connectivity index is 2.26. The van der Waals surface area contributed by atoms with Crippen molar-refractivity contribution in [2.75, 3.05) is 0 Å². The summed E-state index contributed by atoms with van der Waals surface area (Å²) >= 11 is 0. The molecule has 0 amide bonds. The minimum absolute atomic E-state index is 0.317. The molecular weight excluding hydrogens is 288 g/mol. The van der Waals surface area contributed by atoms with Crippen LogP contribution in [0.15, 0.2) is 34.1 Å². The minimum Gasteiger partial charge on any atom is -0.506 e. The van der Waals surface area contributed by atoms with Crippen LogP contribution >= 0.6 is 21.6 Å². The Kier molecular flexibility index (Phi) is 4.55. The highest BCUT2D eigenvalue weighted by molar-refractivity contribution is 8.76. The van der Waals surface area contributed by atoms with Crippen molar-refractivity contribution in [1.82, 2.24) is 0 Å². The lowest BCUT2D eigenvalue weighted by molar-refractivity contribution is 0.457. The third-order valence-electron chi connectivity index (χ3n) is 3.04. The first kappa shape index (κ1) is 15.1. The number of aromatic hydroxyl groups is 2.